The van der Waals surface area contributed by atoms with Gasteiger partial charge in [-0.1, -0.05) is 6.08 Å². The van der Waals surface area contributed by atoms with Gasteiger partial charge in [0, 0.05) is 17.1 Å². The summed E-state index contributed by atoms with van der Waals surface area (Å²) in [5.41, 5.74) is 0. The van der Waals surface area contributed by atoms with Crippen molar-refractivity contribution in [3.8, 4) is 0 Å². The molecule has 0 amide bonds. The van der Waals surface area contributed by atoms with Crippen molar-refractivity contribution in [2.24, 2.45) is 0 Å². The third-order valence-corrected chi connectivity index (χ3v) is 2.52. The number of likely N-dealkylation sites (N-methyl/N-ethyl adjacent to an activating group) is 1. The first-order chi connectivity index (χ1) is 5.72. The van der Waals surface area contributed by atoms with Crippen molar-refractivity contribution in [3.63, 3.8) is 0 Å². The summed E-state index contributed by atoms with van der Waals surface area (Å²) in [5, 5.41) is 4.26. The highest BCUT2D eigenvalue weighted by atomic mass is 32.1. The van der Waals surface area contributed by atoms with Crippen molar-refractivity contribution in [3.05, 3.63) is 22.2 Å². The van der Waals surface area contributed by atoms with Gasteiger partial charge in [0.15, 0.2) is 0 Å². The Kier molecular flexibility index (Phi) is 3.44. The van der Waals surface area contributed by atoms with Crippen LogP contribution in [0.15, 0.2) is 12.3 Å². The number of aromatic nitrogens is 1. The van der Waals surface area contributed by atoms with E-state index in [1.165, 1.54) is 4.88 Å². The summed E-state index contributed by atoms with van der Waals surface area (Å²) >= 11 is 1.71. The van der Waals surface area contributed by atoms with Crippen molar-refractivity contribution < 1.29 is 0 Å². The van der Waals surface area contributed by atoms with Gasteiger partial charge in [-0.3, -0.25) is 0 Å². The van der Waals surface area contributed by atoms with Gasteiger partial charge in [0.1, 0.15) is 0 Å². The fraction of sp³-hybridized carbons (Fsp3) is 0.444. The molecule has 1 aromatic rings. The lowest BCUT2D eigenvalue weighted by atomic mass is 10.3. The summed E-state index contributed by atoms with van der Waals surface area (Å²) in [5.74, 6) is 0. The quantitative estimate of drug-likeness (QED) is 0.774. The lowest BCUT2D eigenvalue weighted by molar-refractivity contribution is 0.732. The van der Waals surface area contributed by atoms with Crippen LogP contribution in [0, 0.1) is 6.92 Å². The molecule has 66 valence electrons. The maximum Gasteiger partial charge on any atom is 0.0900 e. The maximum absolute atomic E-state index is 4.17. The van der Waals surface area contributed by atoms with Gasteiger partial charge in [-0.05, 0) is 27.0 Å². The van der Waals surface area contributed by atoms with E-state index < -0.39 is 0 Å². The fourth-order valence-electron chi connectivity index (χ4n) is 0.790. The van der Waals surface area contributed by atoms with Gasteiger partial charge >= 0.3 is 0 Å². The minimum Gasteiger partial charge on any atom is -0.314 e. The molecule has 0 bridgehead atoms. The Morgan fingerprint density at radius 2 is 2.42 bits per heavy atom. The lowest BCUT2D eigenvalue weighted by Gasteiger charge is -2.00. The highest BCUT2D eigenvalue weighted by molar-refractivity contribution is 7.12. The van der Waals surface area contributed by atoms with Crippen LogP contribution in [0.25, 0.3) is 6.08 Å². The number of thiazole rings is 1. The summed E-state index contributed by atoms with van der Waals surface area (Å²) in [6.07, 6.45) is 6.14. The van der Waals surface area contributed by atoms with Gasteiger partial charge in [0.2, 0.25) is 0 Å². The molecule has 0 saturated carbocycles. The molecular formula is C9H14N2S. The van der Waals surface area contributed by atoms with Crippen molar-refractivity contribution in [2.75, 3.05) is 7.05 Å². The number of rotatable bonds is 3. The summed E-state index contributed by atoms with van der Waals surface area (Å²) < 4.78 is 0. The first kappa shape index (κ1) is 9.42. The third-order valence-electron chi connectivity index (χ3n) is 1.64. The van der Waals surface area contributed by atoms with E-state index in [1.54, 1.807) is 11.3 Å². The first-order valence-corrected chi connectivity index (χ1v) is 4.82. The van der Waals surface area contributed by atoms with Crippen LogP contribution in [0.4, 0.5) is 0 Å². The van der Waals surface area contributed by atoms with E-state index in [-0.39, 0.29) is 0 Å². The van der Waals surface area contributed by atoms with Crippen molar-refractivity contribution >= 4 is 17.4 Å². The van der Waals surface area contributed by atoms with E-state index in [2.05, 4.69) is 29.4 Å². The Morgan fingerprint density at radius 3 is 2.92 bits per heavy atom. The van der Waals surface area contributed by atoms with Gasteiger partial charge in [0.25, 0.3) is 0 Å². The van der Waals surface area contributed by atoms with E-state index in [4.69, 9.17) is 0 Å². The molecule has 0 aliphatic carbocycles. The molecule has 2 nitrogen and oxygen atoms in total. The third kappa shape index (κ3) is 2.75. The van der Waals surface area contributed by atoms with Crippen LogP contribution in [0.1, 0.15) is 16.8 Å². The lowest BCUT2D eigenvalue weighted by Crippen LogP contribution is -2.17. The Balaban J connectivity index is 2.57. The number of nitrogens with one attached hydrogen (secondary N) is 1. The van der Waals surface area contributed by atoms with Crippen molar-refractivity contribution in [2.45, 2.75) is 19.9 Å². The van der Waals surface area contributed by atoms with Crippen LogP contribution in [0.2, 0.25) is 0 Å². The summed E-state index contributed by atoms with van der Waals surface area (Å²) in [6, 6.07) is 0.424. The number of hydrogen-bond donors (Lipinski definition) is 1. The van der Waals surface area contributed by atoms with Crippen LogP contribution < -0.4 is 5.32 Å². The topological polar surface area (TPSA) is 24.9 Å². The molecule has 1 N–H and O–H groups in total. The second-order valence-corrected chi connectivity index (χ2v) is 3.98. The molecule has 1 aromatic heterocycles. The molecule has 0 fully saturated rings. The van der Waals surface area contributed by atoms with E-state index >= 15 is 0 Å². The second-order valence-electron chi connectivity index (χ2n) is 2.72. The predicted octanol–water partition coefficient (Wildman–Crippen LogP) is 2.07. The molecule has 0 aliphatic heterocycles. The van der Waals surface area contributed by atoms with E-state index in [9.17, 15) is 0 Å². The standard InChI is InChI=1S/C9H14N2S/c1-7(10-3)4-5-9-6-11-8(2)12-9/h4-7,10H,1-3H3/b5-4+. The molecule has 0 aliphatic rings. The zero-order valence-electron chi connectivity index (χ0n) is 7.66. The summed E-state index contributed by atoms with van der Waals surface area (Å²) in [6.45, 7) is 4.13. The highest BCUT2D eigenvalue weighted by Gasteiger charge is 1.93. The van der Waals surface area contributed by atoms with Crippen LogP contribution in [0.3, 0.4) is 0 Å². The molecule has 0 aromatic carbocycles. The Morgan fingerprint density at radius 1 is 1.67 bits per heavy atom. The average molecular weight is 182 g/mol. The summed E-state index contributed by atoms with van der Waals surface area (Å²) in [4.78, 5) is 5.38. The second kappa shape index (κ2) is 4.38. The zero-order valence-corrected chi connectivity index (χ0v) is 8.48. The number of hydrogen-bond acceptors (Lipinski definition) is 3. The SMILES string of the molecule is CNC(C)/C=C/c1cnc(C)s1. The minimum atomic E-state index is 0.424. The molecule has 12 heavy (non-hydrogen) atoms. The van der Waals surface area contributed by atoms with Crippen LogP contribution >= 0.6 is 11.3 Å². The first-order valence-electron chi connectivity index (χ1n) is 4.00. The van der Waals surface area contributed by atoms with Gasteiger partial charge in [-0.25, -0.2) is 4.98 Å². The highest BCUT2D eigenvalue weighted by Crippen LogP contribution is 2.13. The van der Waals surface area contributed by atoms with E-state index in [0.717, 1.165) is 5.01 Å². The molecule has 1 unspecified atom stereocenters. The fourth-order valence-corrected chi connectivity index (χ4v) is 1.49. The van der Waals surface area contributed by atoms with Crippen LogP contribution in [0.5, 0.6) is 0 Å². The normalized spacial score (nSPS) is 13.9. The molecule has 3 heteroatoms. The van der Waals surface area contributed by atoms with Crippen LogP contribution in [-0.4, -0.2) is 18.1 Å². The van der Waals surface area contributed by atoms with Gasteiger partial charge in [-0.2, -0.15) is 0 Å². The Labute approximate surface area is 77.3 Å². The molecule has 1 rings (SSSR count). The van der Waals surface area contributed by atoms with Crippen molar-refractivity contribution in [1.82, 2.24) is 10.3 Å². The average Bonchev–Trinajstić information content (AvgIpc) is 2.47. The van der Waals surface area contributed by atoms with Crippen molar-refractivity contribution in [1.29, 1.82) is 0 Å². The Hall–Kier alpha value is -0.670. The monoisotopic (exact) mass is 182 g/mol. The molecule has 0 radical (unpaired) electrons. The van der Waals surface area contributed by atoms with Gasteiger partial charge in [0.05, 0.1) is 5.01 Å². The molecule has 1 heterocycles. The molecule has 1 atom stereocenters. The van der Waals surface area contributed by atoms with Crippen LogP contribution in [-0.2, 0) is 0 Å². The number of aryl methyl sites for hydroxylation is 1. The van der Waals surface area contributed by atoms with Gasteiger partial charge in [-0.15, -0.1) is 11.3 Å². The van der Waals surface area contributed by atoms with E-state index in [0.29, 0.717) is 6.04 Å². The molecular weight excluding hydrogens is 168 g/mol. The molecule has 0 saturated heterocycles. The zero-order chi connectivity index (χ0) is 8.97. The Bertz CT molecular complexity index is 265. The summed E-state index contributed by atoms with van der Waals surface area (Å²) in [7, 11) is 1.95. The largest absolute Gasteiger partial charge is 0.314 e. The molecule has 0 spiro atoms. The maximum atomic E-state index is 4.17. The van der Waals surface area contributed by atoms with Gasteiger partial charge < -0.3 is 5.32 Å². The minimum absolute atomic E-state index is 0.424. The van der Waals surface area contributed by atoms with E-state index in [1.807, 2.05) is 20.2 Å². The smallest absolute Gasteiger partial charge is 0.0900 e. The predicted molar refractivity (Wildman–Crippen MR) is 54.4 cm³/mol. The number of nitrogens with zero attached hydrogens (tertiary/aromatic N) is 1.